The number of guanidine groups is 1. The quantitative estimate of drug-likeness (QED) is 0.284. The maximum atomic E-state index is 10.4. The summed E-state index contributed by atoms with van der Waals surface area (Å²) in [5, 5.41) is 7.11. The Bertz CT molecular complexity index is 194. The Kier molecular flexibility index (Phi) is 6.53. The van der Waals surface area contributed by atoms with Gasteiger partial charge >= 0.3 is 5.97 Å². The molecule has 5 heteroatoms. The van der Waals surface area contributed by atoms with Crippen molar-refractivity contribution in [2.45, 2.75) is 26.2 Å². The van der Waals surface area contributed by atoms with Crippen molar-refractivity contribution in [3.8, 4) is 0 Å². The lowest BCUT2D eigenvalue weighted by Crippen LogP contribution is -2.33. The van der Waals surface area contributed by atoms with E-state index < -0.39 is 0 Å². The predicted molar refractivity (Wildman–Crippen MR) is 55.0 cm³/mol. The molecule has 3 N–H and O–H groups in total. The van der Waals surface area contributed by atoms with Gasteiger partial charge in [0.05, 0.1) is 6.61 Å². The molecule has 0 atom stereocenters. The Morgan fingerprint density at radius 2 is 2.07 bits per heavy atom. The highest BCUT2D eigenvalue weighted by Gasteiger charge is 1.98. The molecule has 82 valence electrons. The minimum Gasteiger partial charge on any atom is -0.466 e. The van der Waals surface area contributed by atoms with Crippen LogP contribution in [0.15, 0.2) is 0 Å². The summed E-state index contributed by atoms with van der Waals surface area (Å²) in [4.78, 5) is 12.1. The molecule has 0 spiro atoms. The molecule has 0 saturated heterocycles. The van der Waals surface area contributed by atoms with Crippen LogP contribution in [0.25, 0.3) is 0 Å². The molecule has 0 rings (SSSR count). The molecule has 0 aromatic heterocycles. The van der Waals surface area contributed by atoms with E-state index >= 15 is 0 Å². The number of ether oxygens (including phenoxy) is 1. The molecule has 0 aromatic carbocycles. The molecule has 14 heavy (non-hydrogen) atoms. The fourth-order valence-electron chi connectivity index (χ4n) is 0.964. The van der Waals surface area contributed by atoms with Crippen molar-refractivity contribution in [3.05, 3.63) is 0 Å². The second kappa shape index (κ2) is 7.17. The van der Waals surface area contributed by atoms with E-state index in [1.54, 1.807) is 11.9 Å². The van der Waals surface area contributed by atoms with Gasteiger partial charge in [-0.3, -0.25) is 10.2 Å². The molecule has 0 aliphatic carbocycles. The summed E-state index contributed by atoms with van der Waals surface area (Å²) in [6, 6.07) is 0. The van der Waals surface area contributed by atoms with Crippen LogP contribution in [0.4, 0.5) is 0 Å². The number of unbranched alkanes of at least 4 members (excludes halogenated alkanes) is 2. The monoisotopic (exact) mass is 201 g/mol. The number of carbonyl (C=O) groups is 1. The number of hydrogen-bond donors (Lipinski definition) is 2. The Labute approximate surface area is 84.7 Å². The molecule has 5 nitrogen and oxygen atoms in total. The first-order chi connectivity index (χ1) is 6.54. The lowest BCUT2D eigenvalue weighted by Gasteiger charge is -2.15. The third-order valence-corrected chi connectivity index (χ3v) is 1.85. The van der Waals surface area contributed by atoms with Crippen LogP contribution in [0.5, 0.6) is 0 Å². The van der Waals surface area contributed by atoms with Crippen molar-refractivity contribution < 1.29 is 9.53 Å². The summed E-state index contributed by atoms with van der Waals surface area (Å²) in [5.74, 6) is -0.143. The summed E-state index contributed by atoms with van der Waals surface area (Å²) in [6.07, 6.45) is 2.80. The maximum Gasteiger partial charge on any atom is 0.302 e. The number of rotatable bonds is 6. The van der Waals surface area contributed by atoms with E-state index in [0.29, 0.717) is 6.61 Å². The van der Waals surface area contributed by atoms with Crippen LogP contribution >= 0.6 is 0 Å². The fourth-order valence-corrected chi connectivity index (χ4v) is 0.964. The maximum absolute atomic E-state index is 10.4. The highest BCUT2D eigenvalue weighted by Crippen LogP contribution is 1.97. The van der Waals surface area contributed by atoms with Crippen molar-refractivity contribution in [1.82, 2.24) is 4.90 Å². The Hall–Kier alpha value is -1.26. The number of nitrogens with two attached hydrogens (primary N) is 1. The average Bonchev–Trinajstić information content (AvgIpc) is 2.09. The Morgan fingerprint density at radius 1 is 1.43 bits per heavy atom. The summed E-state index contributed by atoms with van der Waals surface area (Å²) >= 11 is 0. The van der Waals surface area contributed by atoms with Gasteiger partial charge in [-0.15, -0.1) is 0 Å². The Morgan fingerprint density at radius 3 is 2.57 bits per heavy atom. The van der Waals surface area contributed by atoms with Crippen LogP contribution in [0.1, 0.15) is 26.2 Å². The van der Waals surface area contributed by atoms with Crippen LogP contribution in [0, 0.1) is 5.41 Å². The molecular formula is C9H19N3O2. The van der Waals surface area contributed by atoms with Crippen molar-refractivity contribution in [2.24, 2.45) is 5.73 Å². The van der Waals surface area contributed by atoms with Gasteiger partial charge in [0, 0.05) is 20.5 Å². The Balaban J connectivity index is 3.21. The molecule has 0 aromatic rings. The van der Waals surface area contributed by atoms with Gasteiger partial charge in [-0.2, -0.15) is 0 Å². The standard InChI is InChI=1S/C9H19N3O2/c1-8(13)14-7-5-3-4-6-12(2)9(10)11/h3-7H2,1-2H3,(H3,10,11). The summed E-state index contributed by atoms with van der Waals surface area (Å²) in [7, 11) is 1.79. The SMILES string of the molecule is CC(=O)OCCCCCN(C)C(=N)N. The van der Waals surface area contributed by atoms with Crippen LogP contribution < -0.4 is 5.73 Å². The molecule has 0 amide bonds. The van der Waals surface area contributed by atoms with Gasteiger partial charge in [0.15, 0.2) is 5.96 Å². The highest BCUT2D eigenvalue weighted by molar-refractivity contribution is 5.74. The zero-order chi connectivity index (χ0) is 11.0. The van der Waals surface area contributed by atoms with Gasteiger partial charge in [0.25, 0.3) is 0 Å². The van der Waals surface area contributed by atoms with Gasteiger partial charge < -0.3 is 15.4 Å². The van der Waals surface area contributed by atoms with E-state index in [1.165, 1.54) is 6.92 Å². The van der Waals surface area contributed by atoms with Gasteiger partial charge in [-0.25, -0.2) is 0 Å². The lowest BCUT2D eigenvalue weighted by atomic mass is 10.2. The summed E-state index contributed by atoms with van der Waals surface area (Å²) in [5.41, 5.74) is 5.26. The lowest BCUT2D eigenvalue weighted by molar-refractivity contribution is -0.141. The van der Waals surface area contributed by atoms with Gasteiger partial charge in [-0.05, 0) is 19.3 Å². The third kappa shape index (κ3) is 7.39. The molecule has 0 heterocycles. The van der Waals surface area contributed by atoms with E-state index in [-0.39, 0.29) is 11.9 Å². The molecule has 0 aliphatic heterocycles. The van der Waals surface area contributed by atoms with Gasteiger partial charge in [0.1, 0.15) is 0 Å². The second-order valence-electron chi connectivity index (χ2n) is 3.21. The molecular weight excluding hydrogens is 182 g/mol. The van der Waals surface area contributed by atoms with Crippen LogP contribution in [-0.2, 0) is 9.53 Å². The molecule has 0 fully saturated rings. The predicted octanol–water partition coefficient (Wildman–Crippen LogP) is 0.545. The summed E-state index contributed by atoms with van der Waals surface area (Å²) in [6.45, 7) is 2.66. The van der Waals surface area contributed by atoms with E-state index in [2.05, 4.69) is 0 Å². The largest absolute Gasteiger partial charge is 0.466 e. The van der Waals surface area contributed by atoms with E-state index in [1.807, 2.05) is 0 Å². The van der Waals surface area contributed by atoms with Crippen molar-refractivity contribution in [1.29, 1.82) is 5.41 Å². The summed E-state index contributed by atoms with van der Waals surface area (Å²) < 4.78 is 4.78. The number of hydrogen-bond acceptors (Lipinski definition) is 3. The van der Waals surface area contributed by atoms with E-state index in [9.17, 15) is 4.79 Å². The first-order valence-electron chi connectivity index (χ1n) is 4.72. The van der Waals surface area contributed by atoms with Gasteiger partial charge in [0.2, 0.25) is 0 Å². The molecule has 0 aliphatic rings. The molecule has 0 bridgehead atoms. The van der Waals surface area contributed by atoms with Gasteiger partial charge in [-0.1, -0.05) is 0 Å². The minimum absolute atomic E-state index is 0.0879. The molecule has 0 radical (unpaired) electrons. The first-order valence-corrected chi connectivity index (χ1v) is 4.72. The topological polar surface area (TPSA) is 79.4 Å². The molecule has 0 unspecified atom stereocenters. The zero-order valence-corrected chi connectivity index (χ0v) is 8.88. The van der Waals surface area contributed by atoms with Crippen molar-refractivity contribution >= 4 is 11.9 Å². The smallest absolute Gasteiger partial charge is 0.302 e. The first kappa shape index (κ1) is 12.7. The zero-order valence-electron chi connectivity index (χ0n) is 8.88. The third-order valence-electron chi connectivity index (χ3n) is 1.85. The minimum atomic E-state index is -0.231. The molecule has 0 saturated carbocycles. The normalized spacial score (nSPS) is 9.57. The number of nitrogens with one attached hydrogen (secondary N) is 1. The number of carbonyl (C=O) groups excluding carboxylic acids is 1. The fraction of sp³-hybridized carbons (Fsp3) is 0.778. The second-order valence-corrected chi connectivity index (χ2v) is 3.21. The highest BCUT2D eigenvalue weighted by atomic mass is 16.5. The van der Waals surface area contributed by atoms with Crippen molar-refractivity contribution in [3.63, 3.8) is 0 Å². The van der Waals surface area contributed by atoms with Crippen LogP contribution in [0.2, 0.25) is 0 Å². The van der Waals surface area contributed by atoms with Crippen LogP contribution in [-0.4, -0.2) is 37.0 Å². The van der Waals surface area contributed by atoms with Crippen molar-refractivity contribution in [2.75, 3.05) is 20.2 Å². The number of nitrogens with zero attached hydrogens (tertiary/aromatic N) is 1. The van der Waals surface area contributed by atoms with E-state index in [4.69, 9.17) is 15.9 Å². The van der Waals surface area contributed by atoms with Crippen LogP contribution in [0.3, 0.4) is 0 Å². The number of esters is 1. The van der Waals surface area contributed by atoms with E-state index in [0.717, 1.165) is 25.8 Å². The average molecular weight is 201 g/mol.